The molecule has 0 spiro atoms. The molecule has 0 amide bonds. The van der Waals surface area contributed by atoms with Crippen LogP contribution in [0, 0.1) is 6.92 Å². The lowest BCUT2D eigenvalue weighted by Crippen LogP contribution is -2.10. The van der Waals surface area contributed by atoms with Gasteiger partial charge in [0.15, 0.2) is 0 Å². The maximum Gasteiger partial charge on any atom is 0.348 e. The number of hydrogen-bond donors (Lipinski definition) is 1. The molecule has 110 valence electrons. The predicted molar refractivity (Wildman–Crippen MR) is 86.6 cm³/mol. The van der Waals surface area contributed by atoms with Gasteiger partial charge in [0, 0.05) is 6.54 Å². The first-order valence-electron chi connectivity index (χ1n) is 6.58. The third kappa shape index (κ3) is 4.24. The average Bonchev–Trinajstić information content (AvgIpc) is 2.80. The van der Waals surface area contributed by atoms with Crippen molar-refractivity contribution >= 4 is 29.5 Å². The number of aryl methyl sites for hydroxylation is 1. The van der Waals surface area contributed by atoms with Crippen molar-refractivity contribution in [2.24, 2.45) is 0 Å². The lowest BCUT2D eigenvalue weighted by Gasteiger charge is -2.04. The van der Waals surface area contributed by atoms with Crippen molar-refractivity contribution in [3.8, 4) is 0 Å². The number of carboxylic acids is 1. The van der Waals surface area contributed by atoms with E-state index in [1.807, 2.05) is 56.3 Å². The molecule has 0 fully saturated rings. The van der Waals surface area contributed by atoms with Crippen molar-refractivity contribution in [3.63, 3.8) is 0 Å². The lowest BCUT2D eigenvalue weighted by atomic mass is 10.1. The van der Waals surface area contributed by atoms with Crippen molar-refractivity contribution in [1.29, 1.82) is 0 Å². The number of carbonyl (C=O) groups is 1. The molecule has 0 saturated heterocycles. The maximum atomic E-state index is 11.3. The first-order valence-corrected chi connectivity index (χ1v) is 7.40. The van der Waals surface area contributed by atoms with Gasteiger partial charge in [0.25, 0.3) is 0 Å². The zero-order chi connectivity index (χ0) is 15.4. The number of hydrogen-bond acceptors (Lipinski definition) is 4. The molecule has 5 heteroatoms. The molecule has 2 aromatic rings. The van der Waals surface area contributed by atoms with Crippen LogP contribution in [0.4, 0.5) is 0 Å². The highest BCUT2D eigenvalue weighted by Gasteiger charge is 2.15. The first kappa shape index (κ1) is 15.4. The minimum absolute atomic E-state index is 0.287. The van der Waals surface area contributed by atoms with Gasteiger partial charge in [-0.1, -0.05) is 35.9 Å². The summed E-state index contributed by atoms with van der Waals surface area (Å²) >= 11 is 1.23. The predicted octanol–water partition coefficient (Wildman–Crippen LogP) is 3.38. The molecule has 0 aliphatic carbocycles. The molecule has 4 nitrogen and oxygen atoms in total. The highest BCUT2D eigenvalue weighted by atomic mass is 32.1. The van der Waals surface area contributed by atoms with Crippen LogP contribution >= 0.6 is 11.3 Å². The third-order valence-corrected chi connectivity index (χ3v) is 3.90. The van der Waals surface area contributed by atoms with E-state index in [1.54, 1.807) is 6.08 Å². The van der Waals surface area contributed by atoms with Gasteiger partial charge in [0.1, 0.15) is 9.88 Å². The van der Waals surface area contributed by atoms with Gasteiger partial charge in [-0.05, 0) is 32.7 Å². The van der Waals surface area contributed by atoms with E-state index in [1.165, 1.54) is 16.9 Å². The number of benzene rings is 1. The van der Waals surface area contributed by atoms with E-state index in [4.69, 9.17) is 0 Å². The van der Waals surface area contributed by atoms with Gasteiger partial charge in [0.2, 0.25) is 0 Å². The number of rotatable bonds is 5. The molecular formula is C16H18N2O2S. The topological polar surface area (TPSA) is 53.4 Å². The van der Waals surface area contributed by atoms with E-state index in [0.29, 0.717) is 12.2 Å². The summed E-state index contributed by atoms with van der Waals surface area (Å²) < 4.78 is 0. The fourth-order valence-corrected chi connectivity index (χ4v) is 2.84. The van der Waals surface area contributed by atoms with Crippen molar-refractivity contribution in [2.45, 2.75) is 13.5 Å². The molecule has 21 heavy (non-hydrogen) atoms. The van der Waals surface area contributed by atoms with Gasteiger partial charge in [-0.15, -0.1) is 11.3 Å². The molecule has 0 bridgehead atoms. The molecule has 0 aliphatic rings. The number of carboxylic acid groups (broad SMARTS) is 1. The fourth-order valence-electron chi connectivity index (χ4n) is 1.84. The summed E-state index contributed by atoms with van der Waals surface area (Å²) in [6.07, 6.45) is 3.66. The van der Waals surface area contributed by atoms with Crippen LogP contribution in [-0.2, 0) is 6.54 Å². The largest absolute Gasteiger partial charge is 0.477 e. The smallest absolute Gasteiger partial charge is 0.348 e. The summed E-state index contributed by atoms with van der Waals surface area (Å²) in [6.45, 7) is 2.67. The van der Waals surface area contributed by atoms with Crippen LogP contribution in [0.1, 0.15) is 31.5 Å². The fraction of sp³-hybridized carbons (Fsp3) is 0.250. The molecule has 0 radical (unpaired) electrons. The lowest BCUT2D eigenvalue weighted by molar-refractivity contribution is 0.0701. The minimum atomic E-state index is -0.930. The molecule has 0 atom stereocenters. The third-order valence-electron chi connectivity index (χ3n) is 2.85. The summed E-state index contributed by atoms with van der Waals surface area (Å²) in [4.78, 5) is 18.0. The molecule has 0 saturated carbocycles. The van der Waals surface area contributed by atoms with Crippen molar-refractivity contribution in [2.75, 3.05) is 14.1 Å². The number of aromatic nitrogens is 1. The quantitative estimate of drug-likeness (QED) is 0.920. The Morgan fingerprint density at radius 1 is 1.29 bits per heavy atom. The van der Waals surface area contributed by atoms with E-state index in [0.717, 1.165) is 10.6 Å². The molecule has 1 N–H and O–H groups in total. The molecular weight excluding hydrogens is 284 g/mol. The summed E-state index contributed by atoms with van der Waals surface area (Å²) in [5.74, 6) is -0.930. The zero-order valence-corrected chi connectivity index (χ0v) is 13.1. The second kappa shape index (κ2) is 6.65. The van der Waals surface area contributed by atoms with Crippen LogP contribution in [0.2, 0.25) is 0 Å². The Morgan fingerprint density at radius 2 is 1.95 bits per heavy atom. The van der Waals surface area contributed by atoms with Gasteiger partial charge >= 0.3 is 5.97 Å². The van der Waals surface area contributed by atoms with Crippen molar-refractivity contribution < 1.29 is 9.90 Å². The van der Waals surface area contributed by atoms with Crippen LogP contribution in [0.3, 0.4) is 0 Å². The highest BCUT2D eigenvalue weighted by Crippen LogP contribution is 2.22. The van der Waals surface area contributed by atoms with Crippen LogP contribution in [-0.4, -0.2) is 35.1 Å². The van der Waals surface area contributed by atoms with Gasteiger partial charge in [-0.3, -0.25) is 0 Å². The summed E-state index contributed by atoms with van der Waals surface area (Å²) in [5, 5.41) is 10.1. The summed E-state index contributed by atoms with van der Waals surface area (Å²) in [5.41, 5.74) is 2.74. The van der Waals surface area contributed by atoms with Crippen LogP contribution in [0.5, 0.6) is 0 Å². The standard InChI is InChI=1S/C16H18N2O2S/c1-11-4-6-12(7-5-11)8-9-13-15(16(19)20)21-14(17-13)10-18(2)3/h4-9H,10H2,1-3H3,(H,19,20)/b9-8+. The molecule has 1 aromatic carbocycles. The van der Waals surface area contributed by atoms with Crippen molar-refractivity contribution in [3.05, 3.63) is 51.0 Å². The minimum Gasteiger partial charge on any atom is -0.477 e. The highest BCUT2D eigenvalue weighted by molar-refractivity contribution is 7.13. The Bertz CT molecular complexity index is 657. The van der Waals surface area contributed by atoms with Crippen molar-refractivity contribution in [1.82, 2.24) is 9.88 Å². The number of thiazole rings is 1. The first-order chi connectivity index (χ1) is 9.95. The Hall–Kier alpha value is -1.98. The Morgan fingerprint density at radius 3 is 2.52 bits per heavy atom. The van der Waals surface area contributed by atoms with Crippen LogP contribution in [0.15, 0.2) is 24.3 Å². The Kier molecular flexibility index (Phi) is 4.88. The SMILES string of the molecule is Cc1ccc(/C=C/c2nc(CN(C)C)sc2C(=O)O)cc1. The molecule has 1 aromatic heterocycles. The average molecular weight is 302 g/mol. The maximum absolute atomic E-state index is 11.3. The molecule has 2 rings (SSSR count). The zero-order valence-electron chi connectivity index (χ0n) is 12.3. The molecule has 0 unspecified atom stereocenters. The number of aromatic carboxylic acids is 1. The monoisotopic (exact) mass is 302 g/mol. The Balaban J connectivity index is 2.27. The number of nitrogens with zero attached hydrogens (tertiary/aromatic N) is 2. The van der Waals surface area contributed by atoms with E-state index in [9.17, 15) is 9.90 Å². The van der Waals surface area contributed by atoms with E-state index < -0.39 is 5.97 Å². The Labute approximate surface area is 128 Å². The van der Waals surface area contributed by atoms with Crippen LogP contribution in [0.25, 0.3) is 12.2 Å². The van der Waals surface area contributed by atoms with E-state index in [-0.39, 0.29) is 4.88 Å². The van der Waals surface area contributed by atoms with Crippen LogP contribution < -0.4 is 0 Å². The van der Waals surface area contributed by atoms with Gasteiger partial charge < -0.3 is 10.0 Å². The second-order valence-corrected chi connectivity index (χ2v) is 6.19. The van der Waals surface area contributed by atoms with Gasteiger partial charge in [0.05, 0.1) is 5.69 Å². The van der Waals surface area contributed by atoms with Gasteiger partial charge in [-0.25, -0.2) is 9.78 Å². The van der Waals surface area contributed by atoms with Gasteiger partial charge in [-0.2, -0.15) is 0 Å². The second-order valence-electron chi connectivity index (χ2n) is 5.11. The summed E-state index contributed by atoms with van der Waals surface area (Å²) in [7, 11) is 3.87. The summed E-state index contributed by atoms with van der Waals surface area (Å²) in [6, 6.07) is 8.05. The molecule has 0 aliphatic heterocycles. The van der Waals surface area contributed by atoms with E-state index >= 15 is 0 Å². The molecule has 1 heterocycles. The normalized spacial score (nSPS) is 11.4. The van der Waals surface area contributed by atoms with E-state index in [2.05, 4.69) is 4.98 Å².